The zero-order valence-electron chi connectivity index (χ0n) is 7.47. The molecule has 0 aliphatic heterocycles. The molecule has 0 unspecified atom stereocenters. The number of hydrogen-bond donors (Lipinski definition) is 2. The van der Waals surface area contributed by atoms with Gasteiger partial charge < -0.3 is 5.32 Å². The second-order valence-corrected chi connectivity index (χ2v) is 4.09. The maximum Gasteiger partial charge on any atom is 0.294 e. The second kappa shape index (κ2) is 4.26. The molecule has 0 aromatic heterocycles. The summed E-state index contributed by atoms with van der Waals surface area (Å²) in [5.41, 5.74) is 0.625. The first-order valence-electron chi connectivity index (χ1n) is 3.96. The van der Waals surface area contributed by atoms with E-state index in [1.807, 2.05) is 0 Å². The number of anilines is 1. The molecule has 0 fully saturated rings. The third-order valence-corrected chi connectivity index (χ3v) is 2.43. The first kappa shape index (κ1) is 10.7. The average Bonchev–Trinajstić information content (AvgIpc) is 2.14. The molecule has 0 aliphatic carbocycles. The van der Waals surface area contributed by atoms with Gasteiger partial charge >= 0.3 is 0 Å². The van der Waals surface area contributed by atoms with E-state index in [0.29, 0.717) is 12.2 Å². The van der Waals surface area contributed by atoms with Crippen molar-refractivity contribution in [2.24, 2.45) is 0 Å². The summed E-state index contributed by atoms with van der Waals surface area (Å²) in [7, 11) is -4.12. The minimum absolute atomic E-state index is 0.119. The van der Waals surface area contributed by atoms with E-state index in [0.717, 1.165) is 0 Å². The molecule has 4 nitrogen and oxygen atoms in total. The van der Waals surface area contributed by atoms with Crippen molar-refractivity contribution in [2.45, 2.75) is 4.90 Å². The topological polar surface area (TPSA) is 66.4 Å². The molecule has 1 aromatic rings. The second-order valence-electron chi connectivity index (χ2n) is 2.67. The first-order chi connectivity index (χ1) is 6.54. The summed E-state index contributed by atoms with van der Waals surface area (Å²) in [4.78, 5) is -0.119. The lowest BCUT2D eigenvalue weighted by Crippen LogP contribution is -2.01. The van der Waals surface area contributed by atoms with Crippen LogP contribution in [0.3, 0.4) is 0 Å². The Morgan fingerprint density at radius 3 is 2.79 bits per heavy atom. The lowest BCUT2D eigenvalue weighted by Gasteiger charge is -2.04. The van der Waals surface area contributed by atoms with Crippen molar-refractivity contribution in [2.75, 3.05) is 11.9 Å². The molecule has 0 saturated carbocycles. The Morgan fingerprint density at radius 2 is 2.21 bits per heavy atom. The van der Waals surface area contributed by atoms with Crippen LogP contribution in [0.2, 0.25) is 0 Å². The molecule has 0 heterocycles. The molecule has 0 saturated heterocycles. The summed E-state index contributed by atoms with van der Waals surface area (Å²) in [6, 6.07) is 5.94. The van der Waals surface area contributed by atoms with E-state index in [1.54, 1.807) is 18.2 Å². The van der Waals surface area contributed by atoms with Crippen LogP contribution in [0.1, 0.15) is 0 Å². The minimum Gasteiger partial charge on any atom is -0.382 e. The Morgan fingerprint density at radius 1 is 1.50 bits per heavy atom. The van der Waals surface area contributed by atoms with Gasteiger partial charge in [0.25, 0.3) is 10.1 Å². The van der Waals surface area contributed by atoms with Crippen molar-refractivity contribution in [1.29, 1.82) is 0 Å². The highest BCUT2D eigenvalue weighted by atomic mass is 32.2. The van der Waals surface area contributed by atoms with Gasteiger partial charge in [-0.25, -0.2) is 0 Å². The Bertz CT molecular complexity index is 425. The predicted molar refractivity (Wildman–Crippen MR) is 54.9 cm³/mol. The highest BCUT2D eigenvalue weighted by Gasteiger charge is 2.08. The van der Waals surface area contributed by atoms with Crippen molar-refractivity contribution in [3.05, 3.63) is 36.9 Å². The maximum absolute atomic E-state index is 10.8. The van der Waals surface area contributed by atoms with E-state index in [9.17, 15) is 8.42 Å². The van der Waals surface area contributed by atoms with Crippen LogP contribution in [0, 0.1) is 0 Å². The van der Waals surface area contributed by atoms with Gasteiger partial charge in [0, 0.05) is 12.2 Å². The molecule has 5 heteroatoms. The smallest absolute Gasteiger partial charge is 0.294 e. The van der Waals surface area contributed by atoms with Gasteiger partial charge in [-0.15, -0.1) is 6.58 Å². The Kier molecular flexibility index (Phi) is 3.27. The van der Waals surface area contributed by atoms with Crippen LogP contribution < -0.4 is 5.32 Å². The Labute approximate surface area is 83.0 Å². The van der Waals surface area contributed by atoms with E-state index in [2.05, 4.69) is 11.9 Å². The molecule has 0 atom stereocenters. The SMILES string of the molecule is C=CCNc1cccc(S(=O)(=O)O)c1. The Balaban J connectivity index is 2.95. The third kappa shape index (κ3) is 2.86. The molecule has 0 radical (unpaired) electrons. The highest BCUT2D eigenvalue weighted by Crippen LogP contribution is 2.14. The summed E-state index contributed by atoms with van der Waals surface area (Å²) in [6.07, 6.45) is 1.65. The molecular formula is C9H11NO3S. The highest BCUT2D eigenvalue weighted by molar-refractivity contribution is 7.85. The van der Waals surface area contributed by atoms with E-state index in [-0.39, 0.29) is 4.90 Å². The Hall–Kier alpha value is -1.33. The lowest BCUT2D eigenvalue weighted by atomic mass is 10.3. The van der Waals surface area contributed by atoms with Crippen LogP contribution in [0.4, 0.5) is 5.69 Å². The van der Waals surface area contributed by atoms with Crippen molar-refractivity contribution in [1.82, 2.24) is 0 Å². The normalized spacial score (nSPS) is 10.9. The fraction of sp³-hybridized carbons (Fsp3) is 0.111. The molecule has 0 amide bonds. The molecule has 76 valence electrons. The fourth-order valence-corrected chi connectivity index (χ4v) is 1.48. The van der Waals surface area contributed by atoms with Crippen molar-refractivity contribution in [3.63, 3.8) is 0 Å². The van der Waals surface area contributed by atoms with Gasteiger partial charge in [-0.3, -0.25) is 4.55 Å². The summed E-state index contributed by atoms with van der Waals surface area (Å²) in [6.45, 7) is 4.05. The average molecular weight is 213 g/mol. The molecule has 0 spiro atoms. The van der Waals surface area contributed by atoms with E-state index >= 15 is 0 Å². The predicted octanol–water partition coefficient (Wildman–Crippen LogP) is 1.53. The van der Waals surface area contributed by atoms with Crippen LogP contribution in [0.15, 0.2) is 41.8 Å². The number of hydrogen-bond acceptors (Lipinski definition) is 3. The van der Waals surface area contributed by atoms with Gasteiger partial charge in [-0.1, -0.05) is 12.1 Å². The van der Waals surface area contributed by atoms with Gasteiger partial charge in [-0.2, -0.15) is 8.42 Å². The van der Waals surface area contributed by atoms with Crippen LogP contribution in [0.5, 0.6) is 0 Å². The molecule has 0 aliphatic rings. The standard InChI is InChI=1S/C9H11NO3S/c1-2-6-10-8-4-3-5-9(7-8)14(11,12)13/h2-5,7,10H,1,6H2,(H,11,12,13). The first-order valence-corrected chi connectivity index (χ1v) is 5.40. The molecule has 14 heavy (non-hydrogen) atoms. The van der Waals surface area contributed by atoms with Crippen LogP contribution in [-0.2, 0) is 10.1 Å². The van der Waals surface area contributed by atoms with Gasteiger partial charge in [0.15, 0.2) is 0 Å². The molecule has 1 rings (SSSR count). The largest absolute Gasteiger partial charge is 0.382 e. The summed E-state index contributed by atoms with van der Waals surface area (Å²) < 4.78 is 30.3. The van der Waals surface area contributed by atoms with Gasteiger partial charge in [0.05, 0.1) is 4.90 Å². The summed E-state index contributed by atoms with van der Waals surface area (Å²) in [5, 5.41) is 2.91. The summed E-state index contributed by atoms with van der Waals surface area (Å²) >= 11 is 0. The third-order valence-electron chi connectivity index (χ3n) is 1.58. The van der Waals surface area contributed by atoms with E-state index < -0.39 is 10.1 Å². The molecule has 2 N–H and O–H groups in total. The van der Waals surface area contributed by atoms with E-state index in [1.165, 1.54) is 12.1 Å². The number of benzene rings is 1. The zero-order valence-corrected chi connectivity index (χ0v) is 8.29. The van der Waals surface area contributed by atoms with Gasteiger partial charge in [-0.05, 0) is 18.2 Å². The number of nitrogens with one attached hydrogen (secondary N) is 1. The molecule has 1 aromatic carbocycles. The van der Waals surface area contributed by atoms with Crippen molar-refractivity contribution >= 4 is 15.8 Å². The van der Waals surface area contributed by atoms with Gasteiger partial charge in [0.2, 0.25) is 0 Å². The molecule has 0 bridgehead atoms. The van der Waals surface area contributed by atoms with E-state index in [4.69, 9.17) is 4.55 Å². The van der Waals surface area contributed by atoms with Crippen molar-refractivity contribution in [3.8, 4) is 0 Å². The molecular weight excluding hydrogens is 202 g/mol. The fourth-order valence-electron chi connectivity index (χ4n) is 0.957. The number of rotatable bonds is 4. The lowest BCUT2D eigenvalue weighted by molar-refractivity contribution is 0.483. The van der Waals surface area contributed by atoms with Crippen LogP contribution in [-0.4, -0.2) is 19.5 Å². The minimum atomic E-state index is -4.12. The summed E-state index contributed by atoms with van der Waals surface area (Å²) in [5.74, 6) is 0. The zero-order chi connectivity index (χ0) is 10.6. The van der Waals surface area contributed by atoms with Gasteiger partial charge in [0.1, 0.15) is 0 Å². The van der Waals surface area contributed by atoms with Crippen LogP contribution >= 0.6 is 0 Å². The van der Waals surface area contributed by atoms with Crippen LogP contribution in [0.25, 0.3) is 0 Å². The maximum atomic E-state index is 10.8. The van der Waals surface area contributed by atoms with Crippen molar-refractivity contribution < 1.29 is 13.0 Å². The quantitative estimate of drug-likeness (QED) is 0.588. The monoisotopic (exact) mass is 213 g/mol.